The summed E-state index contributed by atoms with van der Waals surface area (Å²) in [4.78, 5) is 36.1. The zero-order valence-corrected chi connectivity index (χ0v) is 29.1. The van der Waals surface area contributed by atoms with Crippen molar-refractivity contribution in [1.29, 1.82) is 0 Å². The monoisotopic (exact) mass is 642 g/mol. The molecule has 262 valence electrons. The molecule has 0 aliphatic rings. The molecule has 7 heteroatoms. The third kappa shape index (κ3) is 29.8. The number of allylic oxidation sites excluding steroid dienone is 9. The largest absolute Gasteiger partial charge is 0.480 e. The Morgan fingerprint density at radius 3 is 1.93 bits per heavy atom. The maximum absolute atomic E-state index is 12.6. The van der Waals surface area contributed by atoms with Crippen LogP contribution in [0.2, 0.25) is 0 Å². The van der Waals surface area contributed by atoms with E-state index < -0.39 is 12.0 Å². The number of carboxylic acid groups (broad SMARTS) is 1. The summed E-state index contributed by atoms with van der Waals surface area (Å²) in [5.74, 6) is -1.43. The normalized spacial score (nSPS) is 13.5. The van der Waals surface area contributed by atoms with E-state index in [1.165, 1.54) is 32.1 Å². The zero-order valence-electron chi connectivity index (χ0n) is 29.1. The molecule has 2 atom stereocenters. The quantitative estimate of drug-likeness (QED) is 0.0394. The Morgan fingerprint density at radius 2 is 1.28 bits per heavy atom. The third-order valence-electron chi connectivity index (χ3n) is 7.56. The van der Waals surface area contributed by atoms with Gasteiger partial charge in [-0.05, 0) is 89.7 Å². The van der Waals surface area contributed by atoms with Gasteiger partial charge in [-0.2, -0.15) is 0 Å². The fourth-order valence-corrected chi connectivity index (χ4v) is 4.84. The van der Waals surface area contributed by atoms with Crippen molar-refractivity contribution < 1.29 is 24.2 Å². The number of unbranched alkanes of at least 4 members (excludes halogenated alkanes) is 9. The molecular formula is C39H66N2O5. The van der Waals surface area contributed by atoms with Gasteiger partial charge < -0.3 is 20.9 Å². The molecule has 0 aliphatic heterocycles. The van der Waals surface area contributed by atoms with Crippen molar-refractivity contribution in [3.8, 4) is 0 Å². The van der Waals surface area contributed by atoms with Gasteiger partial charge in [0.2, 0.25) is 5.91 Å². The standard InChI is InChI=1S/C39H66N2O5/c1-3-5-7-9-11-13-14-15-16-17-19-21-27-33-38(43)46-35(29-24-20-18-12-10-8-6-4-2)30-25-22-23-26-32-37(42)41-36(39(44)45)31-28-34-40/h5,7,11,13,15-16,19,21,24,29,35-36H,3-4,6,8-10,12,14,17-18,20,22-23,25-28,30-34,40H2,1-2H3,(H,41,42)(H,44,45)/b7-5-,13-11-,16-15-,21-19-,29-24-. The molecule has 0 aliphatic carbocycles. The SMILES string of the molecule is CC/C=C\C/C=C\C/C=C\C/C=C\CCC(=O)OC(/C=C\CCCCCCCC)CCCCCCC(=O)NC(CCCN)C(=O)O. The molecule has 2 unspecified atom stereocenters. The number of nitrogens with two attached hydrogens (primary N) is 1. The van der Waals surface area contributed by atoms with Gasteiger partial charge in [-0.1, -0.05) is 113 Å². The fraction of sp³-hybridized carbons (Fsp3) is 0.667. The summed E-state index contributed by atoms with van der Waals surface area (Å²) >= 11 is 0. The first-order valence-corrected chi connectivity index (χ1v) is 18.1. The Labute approximate surface area is 280 Å². The van der Waals surface area contributed by atoms with Crippen LogP contribution in [0.3, 0.4) is 0 Å². The highest BCUT2D eigenvalue weighted by atomic mass is 16.5. The molecule has 4 N–H and O–H groups in total. The van der Waals surface area contributed by atoms with Gasteiger partial charge in [0, 0.05) is 12.8 Å². The summed E-state index contributed by atoms with van der Waals surface area (Å²) in [5.41, 5.74) is 5.46. The summed E-state index contributed by atoms with van der Waals surface area (Å²) in [6.07, 6.45) is 39.9. The van der Waals surface area contributed by atoms with Crippen molar-refractivity contribution in [1.82, 2.24) is 5.32 Å². The lowest BCUT2D eigenvalue weighted by molar-refractivity contribution is -0.147. The minimum atomic E-state index is -1.02. The first kappa shape index (κ1) is 43.1. The molecule has 1 amide bonds. The van der Waals surface area contributed by atoms with Crippen LogP contribution in [0.4, 0.5) is 0 Å². The second-order valence-corrected chi connectivity index (χ2v) is 11.9. The zero-order chi connectivity index (χ0) is 33.9. The number of hydrogen-bond acceptors (Lipinski definition) is 5. The molecule has 0 aromatic heterocycles. The van der Waals surface area contributed by atoms with Crippen molar-refractivity contribution in [2.75, 3.05) is 6.54 Å². The highest BCUT2D eigenvalue weighted by molar-refractivity contribution is 5.83. The number of amides is 1. The Bertz CT molecular complexity index is 906. The minimum absolute atomic E-state index is 0.170. The topological polar surface area (TPSA) is 119 Å². The van der Waals surface area contributed by atoms with Gasteiger partial charge in [-0.25, -0.2) is 4.79 Å². The second kappa shape index (κ2) is 33.4. The number of carbonyl (C=O) groups excluding carboxylic acids is 2. The van der Waals surface area contributed by atoms with Crippen LogP contribution in [0.5, 0.6) is 0 Å². The number of ether oxygens (including phenoxy) is 1. The van der Waals surface area contributed by atoms with Gasteiger partial charge in [-0.3, -0.25) is 9.59 Å². The number of carbonyl (C=O) groups is 3. The van der Waals surface area contributed by atoms with Crippen molar-refractivity contribution in [3.63, 3.8) is 0 Å². The van der Waals surface area contributed by atoms with Crippen LogP contribution in [0.25, 0.3) is 0 Å². The number of hydrogen-bond donors (Lipinski definition) is 3. The van der Waals surface area contributed by atoms with E-state index >= 15 is 0 Å². The molecule has 0 aromatic rings. The minimum Gasteiger partial charge on any atom is -0.480 e. The van der Waals surface area contributed by atoms with E-state index in [4.69, 9.17) is 10.5 Å². The molecule has 0 rings (SSSR count). The summed E-state index contributed by atoms with van der Waals surface area (Å²) in [5, 5.41) is 11.9. The number of carboxylic acids is 1. The maximum atomic E-state index is 12.6. The predicted octanol–water partition coefficient (Wildman–Crippen LogP) is 9.44. The van der Waals surface area contributed by atoms with Crippen LogP contribution < -0.4 is 11.1 Å². The van der Waals surface area contributed by atoms with Crippen molar-refractivity contribution in [2.45, 2.75) is 161 Å². The summed E-state index contributed by atoms with van der Waals surface area (Å²) in [6.45, 7) is 4.76. The highest BCUT2D eigenvalue weighted by Gasteiger charge is 2.18. The molecule has 46 heavy (non-hydrogen) atoms. The van der Waals surface area contributed by atoms with E-state index in [1.54, 1.807) is 0 Å². The van der Waals surface area contributed by atoms with Crippen molar-refractivity contribution >= 4 is 17.8 Å². The van der Waals surface area contributed by atoms with Gasteiger partial charge in [-0.15, -0.1) is 0 Å². The van der Waals surface area contributed by atoms with E-state index in [0.29, 0.717) is 45.1 Å². The molecule has 0 saturated heterocycles. The van der Waals surface area contributed by atoms with Gasteiger partial charge >= 0.3 is 11.9 Å². The summed E-state index contributed by atoms with van der Waals surface area (Å²) < 4.78 is 5.85. The molecule has 0 heterocycles. The van der Waals surface area contributed by atoms with Crippen LogP contribution in [0, 0.1) is 0 Å². The lowest BCUT2D eigenvalue weighted by atomic mass is 10.1. The van der Waals surface area contributed by atoms with E-state index in [2.05, 4.69) is 73.8 Å². The third-order valence-corrected chi connectivity index (χ3v) is 7.56. The molecule has 0 radical (unpaired) electrons. The second-order valence-electron chi connectivity index (χ2n) is 11.9. The van der Waals surface area contributed by atoms with Gasteiger partial charge in [0.15, 0.2) is 0 Å². The van der Waals surface area contributed by atoms with E-state index in [1.807, 2.05) is 6.08 Å². The van der Waals surface area contributed by atoms with E-state index in [0.717, 1.165) is 64.2 Å². The predicted molar refractivity (Wildman–Crippen MR) is 193 cm³/mol. The van der Waals surface area contributed by atoms with Crippen LogP contribution >= 0.6 is 0 Å². The molecule has 7 nitrogen and oxygen atoms in total. The van der Waals surface area contributed by atoms with Crippen molar-refractivity contribution in [3.05, 3.63) is 60.8 Å². The lowest BCUT2D eigenvalue weighted by Crippen LogP contribution is -2.40. The number of aliphatic carboxylic acids is 1. The number of nitrogens with one attached hydrogen (secondary N) is 1. The summed E-state index contributed by atoms with van der Waals surface area (Å²) in [7, 11) is 0. The van der Waals surface area contributed by atoms with E-state index in [9.17, 15) is 19.5 Å². The van der Waals surface area contributed by atoms with Crippen LogP contribution in [0.15, 0.2) is 60.8 Å². The first-order chi connectivity index (χ1) is 22.4. The van der Waals surface area contributed by atoms with Gasteiger partial charge in [0.05, 0.1) is 0 Å². The molecule has 0 spiro atoms. The fourth-order valence-electron chi connectivity index (χ4n) is 4.84. The smallest absolute Gasteiger partial charge is 0.326 e. The molecular weight excluding hydrogens is 576 g/mol. The molecule has 0 saturated carbocycles. The van der Waals surface area contributed by atoms with Crippen LogP contribution in [-0.2, 0) is 19.1 Å². The Hall–Kier alpha value is -2.93. The van der Waals surface area contributed by atoms with Gasteiger partial charge in [0.25, 0.3) is 0 Å². The molecule has 0 aromatic carbocycles. The van der Waals surface area contributed by atoms with Crippen LogP contribution in [-0.4, -0.2) is 41.6 Å². The van der Waals surface area contributed by atoms with Crippen molar-refractivity contribution in [2.24, 2.45) is 5.73 Å². The Morgan fingerprint density at radius 1 is 0.674 bits per heavy atom. The van der Waals surface area contributed by atoms with Crippen LogP contribution in [0.1, 0.15) is 149 Å². The number of rotatable bonds is 31. The first-order valence-electron chi connectivity index (χ1n) is 18.1. The average Bonchev–Trinajstić information content (AvgIpc) is 3.04. The van der Waals surface area contributed by atoms with E-state index in [-0.39, 0.29) is 18.0 Å². The average molecular weight is 643 g/mol. The Kier molecular flexibility index (Phi) is 31.3. The van der Waals surface area contributed by atoms with Gasteiger partial charge in [0.1, 0.15) is 12.1 Å². The molecule has 0 fully saturated rings. The number of esters is 1. The molecule has 0 bridgehead atoms. The Balaban J connectivity index is 4.50. The summed E-state index contributed by atoms with van der Waals surface area (Å²) in [6, 6.07) is -0.877. The maximum Gasteiger partial charge on any atom is 0.326 e. The highest BCUT2D eigenvalue weighted by Crippen LogP contribution is 2.14. The lowest BCUT2D eigenvalue weighted by Gasteiger charge is -2.15.